The van der Waals surface area contributed by atoms with Crippen molar-refractivity contribution in [3.8, 4) is 6.07 Å². The van der Waals surface area contributed by atoms with Gasteiger partial charge in [0.25, 0.3) is 0 Å². The number of carbonyl (C=O) groups is 2. The molecule has 1 aromatic rings. The van der Waals surface area contributed by atoms with Crippen molar-refractivity contribution in [1.29, 1.82) is 5.26 Å². The fourth-order valence-electron chi connectivity index (χ4n) is 5.39. The number of nitriles is 1. The van der Waals surface area contributed by atoms with Crippen LogP contribution in [0.5, 0.6) is 0 Å². The van der Waals surface area contributed by atoms with Crippen LogP contribution in [0.3, 0.4) is 0 Å². The molecule has 30 heavy (non-hydrogen) atoms. The summed E-state index contributed by atoms with van der Waals surface area (Å²) in [6.45, 7) is 3.58. The quantitative estimate of drug-likeness (QED) is 0.757. The molecule has 2 N–H and O–H groups in total. The van der Waals surface area contributed by atoms with Gasteiger partial charge in [-0.05, 0) is 55.1 Å². The Bertz CT molecular complexity index is 807. The van der Waals surface area contributed by atoms with Crippen molar-refractivity contribution in [2.24, 2.45) is 5.92 Å². The van der Waals surface area contributed by atoms with E-state index < -0.39 is 6.04 Å². The fourth-order valence-corrected chi connectivity index (χ4v) is 5.39. The standard InChI is InChI=1S/C24H32N4O2/c1-2-22(29)28-11-9-18(10-12-28)17-5-3-16(4-6-17)13-21(15-25)27-24(30)23-19-7-8-20(14-19)26-23/h3-6,18-21,23,26H,2,7-14H2,1H3,(H,27,30)/t19-,20+,21-,23-/m0/s1. The smallest absolute Gasteiger partial charge is 0.238 e. The summed E-state index contributed by atoms with van der Waals surface area (Å²) in [7, 11) is 0. The van der Waals surface area contributed by atoms with Crippen molar-refractivity contribution in [3.63, 3.8) is 0 Å². The van der Waals surface area contributed by atoms with Crippen molar-refractivity contribution in [3.05, 3.63) is 35.4 Å². The molecule has 2 amide bonds. The van der Waals surface area contributed by atoms with E-state index in [1.807, 2.05) is 11.8 Å². The number of hydrogen-bond donors (Lipinski definition) is 2. The third-order valence-electron chi connectivity index (χ3n) is 7.16. The Morgan fingerprint density at radius 3 is 2.50 bits per heavy atom. The number of piperidine rings is 2. The molecule has 6 heteroatoms. The van der Waals surface area contributed by atoms with E-state index in [4.69, 9.17) is 0 Å². The maximum Gasteiger partial charge on any atom is 0.238 e. The van der Waals surface area contributed by atoms with Crippen molar-refractivity contribution in [2.45, 2.75) is 75.9 Å². The van der Waals surface area contributed by atoms with E-state index in [0.717, 1.165) is 50.8 Å². The number of likely N-dealkylation sites (tertiary alicyclic amines) is 1. The van der Waals surface area contributed by atoms with Gasteiger partial charge in [0.2, 0.25) is 11.8 Å². The predicted molar refractivity (Wildman–Crippen MR) is 115 cm³/mol. The van der Waals surface area contributed by atoms with Crippen LogP contribution in [0.2, 0.25) is 0 Å². The molecule has 2 saturated heterocycles. The highest BCUT2D eigenvalue weighted by atomic mass is 16.2. The van der Waals surface area contributed by atoms with Crippen LogP contribution in [-0.2, 0) is 16.0 Å². The number of fused-ring (bicyclic) bond motifs is 2. The van der Waals surface area contributed by atoms with E-state index in [2.05, 4.69) is 41.0 Å². The van der Waals surface area contributed by atoms with Crippen molar-refractivity contribution < 1.29 is 9.59 Å². The number of rotatable bonds is 6. The van der Waals surface area contributed by atoms with Gasteiger partial charge in [0.15, 0.2) is 0 Å². The maximum atomic E-state index is 12.6. The summed E-state index contributed by atoms with van der Waals surface area (Å²) in [5, 5.41) is 15.9. The lowest BCUT2D eigenvalue weighted by Crippen LogP contribution is -2.50. The van der Waals surface area contributed by atoms with Crippen LogP contribution in [0.4, 0.5) is 0 Å². The second-order valence-electron chi connectivity index (χ2n) is 9.06. The Labute approximate surface area is 179 Å². The SMILES string of the molecule is CCC(=O)N1CCC(c2ccc(C[C@@H](C#N)NC(=O)[C@H]3N[C@@H]4CC[C@H]3C4)cc2)CC1. The lowest BCUT2D eigenvalue weighted by Gasteiger charge is -2.32. The zero-order valence-electron chi connectivity index (χ0n) is 17.8. The van der Waals surface area contributed by atoms with Gasteiger partial charge in [-0.1, -0.05) is 31.2 Å². The van der Waals surface area contributed by atoms with Crippen molar-refractivity contribution in [2.75, 3.05) is 13.1 Å². The highest BCUT2D eigenvalue weighted by Gasteiger charge is 2.43. The summed E-state index contributed by atoms with van der Waals surface area (Å²) in [5.74, 6) is 1.12. The van der Waals surface area contributed by atoms with E-state index in [0.29, 0.717) is 30.7 Å². The van der Waals surface area contributed by atoms with E-state index in [9.17, 15) is 14.9 Å². The Balaban J connectivity index is 1.29. The van der Waals surface area contributed by atoms with E-state index >= 15 is 0 Å². The summed E-state index contributed by atoms with van der Waals surface area (Å²) >= 11 is 0. The summed E-state index contributed by atoms with van der Waals surface area (Å²) in [6, 6.07) is 10.5. The van der Waals surface area contributed by atoms with Crippen LogP contribution in [0.1, 0.15) is 62.5 Å². The van der Waals surface area contributed by atoms with Gasteiger partial charge in [0, 0.05) is 32.0 Å². The van der Waals surface area contributed by atoms with Crippen molar-refractivity contribution in [1.82, 2.24) is 15.5 Å². The van der Waals surface area contributed by atoms with Gasteiger partial charge in [-0.25, -0.2) is 0 Å². The van der Waals surface area contributed by atoms with Gasteiger partial charge in [-0.15, -0.1) is 0 Å². The monoisotopic (exact) mass is 408 g/mol. The third-order valence-corrected chi connectivity index (χ3v) is 7.16. The maximum absolute atomic E-state index is 12.6. The Morgan fingerprint density at radius 1 is 1.20 bits per heavy atom. The molecule has 3 aliphatic rings. The number of nitrogens with one attached hydrogen (secondary N) is 2. The van der Waals surface area contributed by atoms with E-state index in [-0.39, 0.29) is 17.9 Å². The number of nitrogens with zero attached hydrogens (tertiary/aromatic N) is 2. The summed E-state index contributed by atoms with van der Waals surface area (Å²) in [6.07, 6.45) is 6.45. The zero-order valence-corrected chi connectivity index (χ0v) is 17.8. The normalized spacial score (nSPS) is 26.9. The summed E-state index contributed by atoms with van der Waals surface area (Å²) in [4.78, 5) is 26.4. The highest BCUT2D eigenvalue weighted by Crippen LogP contribution is 2.35. The largest absolute Gasteiger partial charge is 0.343 e. The topological polar surface area (TPSA) is 85.2 Å². The molecule has 4 atom stereocenters. The van der Waals surface area contributed by atoms with E-state index in [1.165, 1.54) is 5.56 Å². The third kappa shape index (κ3) is 4.52. The van der Waals surface area contributed by atoms with Crippen LogP contribution >= 0.6 is 0 Å². The first-order chi connectivity index (χ1) is 14.6. The molecule has 4 rings (SSSR count). The average molecular weight is 409 g/mol. The first-order valence-corrected chi connectivity index (χ1v) is 11.4. The molecule has 2 aliphatic heterocycles. The Morgan fingerprint density at radius 2 is 1.93 bits per heavy atom. The van der Waals surface area contributed by atoms with Gasteiger partial charge in [-0.2, -0.15) is 5.26 Å². The lowest BCUT2D eigenvalue weighted by atomic mass is 9.88. The average Bonchev–Trinajstić information content (AvgIpc) is 3.42. The van der Waals surface area contributed by atoms with Crippen LogP contribution in [0.25, 0.3) is 0 Å². The zero-order chi connectivity index (χ0) is 21.1. The molecule has 0 aromatic heterocycles. The molecule has 1 aromatic carbocycles. The van der Waals surface area contributed by atoms with Gasteiger partial charge < -0.3 is 15.5 Å². The number of amides is 2. The molecule has 3 fully saturated rings. The highest BCUT2D eigenvalue weighted by molar-refractivity contribution is 5.83. The molecule has 2 bridgehead atoms. The molecule has 2 heterocycles. The summed E-state index contributed by atoms with van der Waals surface area (Å²) < 4.78 is 0. The first kappa shape index (κ1) is 20.9. The molecule has 160 valence electrons. The first-order valence-electron chi connectivity index (χ1n) is 11.4. The minimum Gasteiger partial charge on any atom is -0.343 e. The molecule has 1 saturated carbocycles. The van der Waals surface area contributed by atoms with Crippen LogP contribution in [-0.4, -0.2) is 47.9 Å². The predicted octanol–water partition coefficient (Wildman–Crippen LogP) is 2.49. The number of benzene rings is 1. The van der Waals surface area contributed by atoms with Gasteiger partial charge in [-0.3, -0.25) is 9.59 Å². The minimum atomic E-state index is -0.507. The van der Waals surface area contributed by atoms with Crippen LogP contribution < -0.4 is 10.6 Å². The van der Waals surface area contributed by atoms with Crippen LogP contribution in [0.15, 0.2) is 24.3 Å². The van der Waals surface area contributed by atoms with E-state index in [1.54, 1.807) is 0 Å². The number of carbonyl (C=O) groups excluding carboxylic acids is 2. The second kappa shape index (κ2) is 9.18. The van der Waals surface area contributed by atoms with Gasteiger partial charge in [0.1, 0.15) is 6.04 Å². The van der Waals surface area contributed by atoms with Crippen molar-refractivity contribution >= 4 is 11.8 Å². The molecule has 6 nitrogen and oxygen atoms in total. The molecular weight excluding hydrogens is 376 g/mol. The Kier molecular flexibility index (Phi) is 6.38. The minimum absolute atomic E-state index is 0.0289. The Hall–Kier alpha value is -2.39. The number of hydrogen-bond acceptors (Lipinski definition) is 4. The lowest BCUT2D eigenvalue weighted by molar-refractivity contribution is -0.131. The molecule has 0 radical (unpaired) electrons. The van der Waals surface area contributed by atoms with Crippen LogP contribution in [0, 0.1) is 17.2 Å². The molecule has 0 unspecified atom stereocenters. The van der Waals surface area contributed by atoms with Gasteiger partial charge >= 0.3 is 0 Å². The molecular formula is C24H32N4O2. The summed E-state index contributed by atoms with van der Waals surface area (Å²) in [5.41, 5.74) is 2.36. The fraction of sp³-hybridized carbons (Fsp3) is 0.625. The van der Waals surface area contributed by atoms with Gasteiger partial charge in [0.05, 0.1) is 12.1 Å². The molecule has 0 spiro atoms. The second-order valence-corrected chi connectivity index (χ2v) is 9.06. The molecule has 1 aliphatic carbocycles.